The molecule has 0 aromatic carbocycles. The summed E-state index contributed by atoms with van der Waals surface area (Å²) in [5.74, 6) is -2.04. The monoisotopic (exact) mass is 270 g/mol. The number of hydrogen-bond acceptors (Lipinski definition) is 3. The van der Waals surface area contributed by atoms with Crippen LogP contribution in [-0.2, 0) is 12.7 Å². The fraction of sp³-hybridized carbons (Fsp3) is 0.333. The lowest BCUT2D eigenvalue weighted by molar-refractivity contribution is -0.139. The molecule has 1 heterocycles. The lowest BCUT2D eigenvalue weighted by atomic mass is 10.0. The summed E-state index contributed by atoms with van der Waals surface area (Å²) in [6.45, 7) is -0.725. The van der Waals surface area contributed by atoms with Gasteiger partial charge in [-0.1, -0.05) is 0 Å². The number of nitrogens with zero attached hydrogens (tertiary/aromatic N) is 1. The van der Waals surface area contributed by atoms with Crippen LogP contribution < -0.4 is 5.73 Å². The highest BCUT2D eigenvalue weighted by molar-refractivity contribution is 5.87. The van der Waals surface area contributed by atoms with E-state index in [4.69, 9.17) is 10.8 Å². The third-order valence-electron chi connectivity index (χ3n) is 2.05. The predicted octanol–water partition coefficient (Wildman–Crippen LogP) is 2.19. The molecule has 0 aliphatic heterocycles. The molecule has 100 valence electrons. The lowest BCUT2D eigenvalue weighted by Gasteiger charge is -2.15. The van der Waals surface area contributed by atoms with Gasteiger partial charge < -0.3 is 10.8 Å². The number of nitrogens with two attached hydrogens (primary N) is 1. The Morgan fingerprint density at radius 2 is 2.00 bits per heavy atom. The van der Waals surface area contributed by atoms with Gasteiger partial charge in [0.15, 0.2) is 5.69 Å². The van der Waals surface area contributed by atoms with Crippen LogP contribution in [0.5, 0.6) is 0 Å². The summed E-state index contributed by atoms with van der Waals surface area (Å²) < 4.78 is 62.7. The molecule has 0 amide bonds. The number of rotatable bonds is 3. The van der Waals surface area contributed by atoms with E-state index in [0.717, 1.165) is 0 Å². The molecule has 9 heteroatoms. The van der Waals surface area contributed by atoms with Gasteiger partial charge >= 0.3 is 12.1 Å². The Hall–Kier alpha value is -1.77. The van der Waals surface area contributed by atoms with Gasteiger partial charge in [-0.15, -0.1) is 0 Å². The van der Waals surface area contributed by atoms with Crippen LogP contribution in [0.1, 0.15) is 33.7 Å². The summed E-state index contributed by atoms with van der Waals surface area (Å²) in [5, 5.41) is 8.61. The topological polar surface area (TPSA) is 76.2 Å². The Morgan fingerprint density at radius 3 is 2.33 bits per heavy atom. The first-order valence-corrected chi connectivity index (χ1v) is 4.51. The quantitative estimate of drug-likeness (QED) is 0.825. The molecule has 0 saturated heterocycles. The summed E-state index contributed by atoms with van der Waals surface area (Å²) in [5.41, 5.74) is 0.167. The molecule has 0 unspecified atom stereocenters. The minimum atomic E-state index is -5.03. The molecule has 1 aromatic rings. The van der Waals surface area contributed by atoms with Gasteiger partial charge in [0.1, 0.15) is 5.69 Å². The van der Waals surface area contributed by atoms with Crippen molar-refractivity contribution < 1.29 is 31.9 Å². The zero-order chi connectivity index (χ0) is 14.1. The molecule has 0 aliphatic rings. The minimum absolute atomic E-state index is 0.458. The molecule has 3 N–H and O–H groups in total. The highest BCUT2D eigenvalue weighted by atomic mass is 19.4. The molecular weight excluding hydrogens is 263 g/mol. The molecule has 0 bridgehead atoms. The van der Waals surface area contributed by atoms with Crippen LogP contribution in [0, 0.1) is 0 Å². The number of halogens is 5. The van der Waals surface area contributed by atoms with Gasteiger partial charge in [0.05, 0.1) is 5.56 Å². The fourth-order valence-corrected chi connectivity index (χ4v) is 1.36. The Bertz CT molecular complexity index is 473. The normalized spacial score (nSPS) is 11.9. The number of pyridine rings is 1. The molecule has 18 heavy (non-hydrogen) atoms. The van der Waals surface area contributed by atoms with Crippen molar-refractivity contribution in [3.8, 4) is 0 Å². The van der Waals surface area contributed by atoms with Gasteiger partial charge in [-0.2, -0.15) is 13.2 Å². The average Bonchev–Trinajstić information content (AvgIpc) is 2.25. The van der Waals surface area contributed by atoms with E-state index in [1.165, 1.54) is 0 Å². The molecule has 0 fully saturated rings. The number of alkyl halides is 5. The summed E-state index contributed by atoms with van der Waals surface area (Å²) in [6.07, 6.45) is -8.22. The Labute approximate surface area is 97.2 Å². The van der Waals surface area contributed by atoms with E-state index in [1.54, 1.807) is 0 Å². The van der Waals surface area contributed by atoms with Crippen molar-refractivity contribution in [2.45, 2.75) is 19.1 Å². The predicted molar refractivity (Wildman–Crippen MR) is 49.0 cm³/mol. The Morgan fingerprint density at radius 1 is 1.44 bits per heavy atom. The van der Waals surface area contributed by atoms with Gasteiger partial charge in [-0.25, -0.2) is 18.6 Å². The summed E-state index contributed by atoms with van der Waals surface area (Å²) in [7, 11) is 0. The number of carbonyl (C=O) groups is 1. The average molecular weight is 270 g/mol. The van der Waals surface area contributed by atoms with Crippen LogP contribution in [0.3, 0.4) is 0 Å². The van der Waals surface area contributed by atoms with E-state index >= 15 is 0 Å². The third kappa shape index (κ3) is 2.73. The number of aromatic nitrogens is 1. The van der Waals surface area contributed by atoms with Gasteiger partial charge in [0, 0.05) is 6.54 Å². The maximum atomic E-state index is 12.6. The molecule has 0 radical (unpaired) electrons. The van der Waals surface area contributed by atoms with Crippen molar-refractivity contribution in [3.63, 3.8) is 0 Å². The smallest absolute Gasteiger partial charge is 0.419 e. The zero-order valence-electron chi connectivity index (χ0n) is 8.63. The lowest BCUT2D eigenvalue weighted by Crippen LogP contribution is -2.20. The van der Waals surface area contributed by atoms with Crippen molar-refractivity contribution in [2.24, 2.45) is 5.73 Å². The van der Waals surface area contributed by atoms with Crippen LogP contribution in [0.25, 0.3) is 0 Å². The fourth-order valence-electron chi connectivity index (χ4n) is 1.36. The van der Waals surface area contributed by atoms with E-state index in [0.29, 0.717) is 6.07 Å². The van der Waals surface area contributed by atoms with Crippen molar-refractivity contribution in [2.75, 3.05) is 0 Å². The van der Waals surface area contributed by atoms with Gasteiger partial charge in [0.2, 0.25) is 0 Å². The molecule has 4 nitrogen and oxygen atoms in total. The molecular formula is C9H7F5N2O2. The Balaban J connectivity index is 3.62. The second-order valence-electron chi connectivity index (χ2n) is 3.24. The van der Waals surface area contributed by atoms with E-state index in [1.807, 2.05) is 0 Å². The third-order valence-corrected chi connectivity index (χ3v) is 2.05. The second kappa shape index (κ2) is 4.84. The van der Waals surface area contributed by atoms with Crippen LogP contribution in [0.15, 0.2) is 6.07 Å². The van der Waals surface area contributed by atoms with Crippen LogP contribution in [0.4, 0.5) is 22.0 Å². The molecule has 0 aliphatic carbocycles. The molecule has 1 rings (SSSR count). The van der Waals surface area contributed by atoms with Gasteiger partial charge in [0.25, 0.3) is 6.43 Å². The summed E-state index contributed by atoms with van der Waals surface area (Å²) in [6, 6.07) is 0.458. The molecule has 0 atom stereocenters. The standard InChI is InChI=1S/C9H7F5N2O2/c10-7(11)4-1-3(2-15)5(9(12,13)14)6(16-4)8(17)18/h1,7H,2,15H2,(H,17,18). The number of hydrogen-bond donors (Lipinski definition) is 2. The molecule has 0 saturated carbocycles. The van der Waals surface area contributed by atoms with E-state index in [9.17, 15) is 26.7 Å². The maximum absolute atomic E-state index is 12.6. The number of carboxylic acids is 1. The molecule has 1 aromatic heterocycles. The Kier molecular flexibility index (Phi) is 3.85. The first kappa shape index (κ1) is 14.3. The van der Waals surface area contributed by atoms with Gasteiger partial charge in [-0.05, 0) is 11.6 Å². The minimum Gasteiger partial charge on any atom is -0.476 e. The summed E-state index contributed by atoms with van der Waals surface area (Å²) in [4.78, 5) is 13.5. The van der Waals surface area contributed by atoms with Crippen molar-refractivity contribution >= 4 is 5.97 Å². The van der Waals surface area contributed by atoms with E-state index < -0.39 is 47.6 Å². The van der Waals surface area contributed by atoms with Crippen LogP contribution in [0.2, 0.25) is 0 Å². The first-order valence-electron chi connectivity index (χ1n) is 4.51. The van der Waals surface area contributed by atoms with E-state index in [2.05, 4.69) is 4.98 Å². The summed E-state index contributed by atoms with van der Waals surface area (Å²) >= 11 is 0. The van der Waals surface area contributed by atoms with Crippen molar-refractivity contribution in [1.82, 2.24) is 4.98 Å². The van der Waals surface area contributed by atoms with Crippen molar-refractivity contribution in [3.05, 3.63) is 28.6 Å². The van der Waals surface area contributed by atoms with Crippen LogP contribution >= 0.6 is 0 Å². The van der Waals surface area contributed by atoms with E-state index in [-0.39, 0.29) is 0 Å². The number of aromatic carboxylic acids is 1. The first-order chi connectivity index (χ1) is 8.18. The molecule has 0 spiro atoms. The second-order valence-corrected chi connectivity index (χ2v) is 3.24. The highest BCUT2D eigenvalue weighted by Crippen LogP contribution is 2.35. The highest BCUT2D eigenvalue weighted by Gasteiger charge is 2.39. The van der Waals surface area contributed by atoms with Crippen LogP contribution in [-0.4, -0.2) is 16.1 Å². The zero-order valence-corrected chi connectivity index (χ0v) is 8.63. The number of carboxylic acid groups (broad SMARTS) is 1. The van der Waals surface area contributed by atoms with Crippen molar-refractivity contribution in [1.29, 1.82) is 0 Å². The maximum Gasteiger partial charge on any atom is 0.419 e. The SMILES string of the molecule is NCc1cc(C(F)F)nc(C(=O)O)c1C(F)(F)F. The largest absolute Gasteiger partial charge is 0.476 e. The van der Waals surface area contributed by atoms with Gasteiger partial charge in [-0.3, -0.25) is 0 Å².